The summed E-state index contributed by atoms with van der Waals surface area (Å²) in [6.07, 6.45) is 14.4. The van der Waals surface area contributed by atoms with Gasteiger partial charge in [-0.2, -0.15) is 0 Å². The van der Waals surface area contributed by atoms with Crippen LogP contribution < -0.4 is 0 Å². The molecule has 2 aromatic carbocycles. The summed E-state index contributed by atoms with van der Waals surface area (Å²) in [5.74, 6) is -1.24. The third kappa shape index (κ3) is 7.64. The lowest BCUT2D eigenvalue weighted by atomic mass is 10.0. The van der Waals surface area contributed by atoms with E-state index in [-0.39, 0.29) is 5.75 Å². The molecule has 1 amide bonds. The number of sulfone groups is 1. The van der Waals surface area contributed by atoms with Crippen molar-refractivity contribution in [1.82, 2.24) is 4.90 Å². The summed E-state index contributed by atoms with van der Waals surface area (Å²) in [4.78, 5) is 27.8. The Bertz CT molecular complexity index is 1240. The minimum absolute atomic E-state index is 0.0993. The average Bonchev–Trinajstić information content (AvgIpc) is 3.36. The fraction of sp³-hybridized carbons (Fsp3) is 0.375. The van der Waals surface area contributed by atoms with Crippen molar-refractivity contribution >= 4 is 21.5 Å². The van der Waals surface area contributed by atoms with Crippen LogP contribution in [0.4, 0.5) is 0 Å². The van der Waals surface area contributed by atoms with Crippen molar-refractivity contribution in [2.75, 3.05) is 12.3 Å². The first kappa shape index (κ1) is 27.8. The van der Waals surface area contributed by atoms with Crippen LogP contribution in [0.1, 0.15) is 49.7 Å². The molecular weight excluding hydrogens is 494 g/mol. The summed E-state index contributed by atoms with van der Waals surface area (Å²) < 4.78 is 27.6. The minimum Gasteiger partial charge on any atom is -0.332 e. The molecule has 1 atom stereocenters. The van der Waals surface area contributed by atoms with Crippen LogP contribution in [0.2, 0.25) is 0 Å². The molecule has 6 heteroatoms. The van der Waals surface area contributed by atoms with Crippen molar-refractivity contribution in [1.29, 1.82) is 0 Å². The summed E-state index contributed by atoms with van der Waals surface area (Å²) in [6, 6.07) is 19.4. The molecule has 1 heterocycles. The van der Waals surface area contributed by atoms with E-state index in [1.807, 2.05) is 72.8 Å². The Balaban J connectivity index is 1.47. The number of amides is 1. The zero-order valence-electron chi connectivity index (χ0n) is 21.9. The zero-order valence-corrected chi connectivity index (χ0v) is 22.7. The molecular formula is C32H37NO4S. The predicted octanol–water partition coefficient (Wildman–Crippen LogP) is 5.43. The van der Waals surface area contributed by atoms with Crippen LogP contribution in [-0.2, 0) is 32.3 Å². The molecule has 0 saturated carbocycles. The number of nitrogens with zero attached hydrogens (tertiary/aromatic N) is 1. The Hall–Kier alpha value is -3.25. The van der Waals surface area contributed by atoms with E-state index in [1.165, 1.54) is 4.90 Å². The molecule has 0 spiro atoms. The molecule has 1 fully saturated rings. The van der Waals surface area contributed by atoms with Crippen LogP contribution in [0.3, 0.4) is 0 Å². The maximum Gasteiger partial charge on any atom is 0.295 e. The summed E-state index contributed by atoms with van der Waals surface area (Å²) in [5, 5.41) is -0.515. The molecule has 5 nitrogen and oxygen atoms in total. The van der Waals surface area contributed by atoms with Crippen LogP contribution in [0.15, 0.2) is 96.6 Å². The van der Waals surface area contributed by atoms with Gasteiger partial charge in [-0.05, 0) is 62.5 Å². The van der Waals surface area contributed by atoms with Crippen molar-refractivity contribution in [3.8, 4) is 0 Å². The van der Waals surface area contributed by atoms with Gasteiger partial charge in [0.25, 0.3) is 5.91 Å². The van der Waals surface area contributed by atoms with Gasteiger partial charge in [-0.3, -0.25) is 9.59 Å². The summed E-state index contributed by atoms with van der Waals surface area (Å²) in [6.45, 7) is 0.417. The first-order chi connectivity index (χ1) is 18.4. The van der Waals surface area contributed by atoms with E-state index in [2.05, 4.69) is 0 Å². The van der Waals surface area contributed by atoms with Gasteiger partial charge in [0.2, 0.25) is 5.78 Å². The van der Waals surface area contributed by atoms with Gasteiger partial charge in [0.05, 0.1) is 11.0 Å². The Labute approximate surface area is 226 Å². The van der Waals surface area contributed by atoms with Gasteiger partial charge in [-0.1, -0.05) is 91.0 Å². The number of hydrogen-bond acceptors (Lipinski definition) is 4. The molecule has 0 bridgehead atoms. The highest BCUT2D eigenvalue weighted by atomic mass is 32.2. The number of carbonyl (C=O) groups is 2. The molecule has 0 aromatic heterocycles. The molecule has 0 N–H and O–H groups in total. The molecule has 0 unspecified atom stereocenters. The summed E-state index contributed by atoms with van der Waals surface area (Å²) >= 11 is 0. The number of likely N-dealkylation sites (tertiary alicyclic amines) is 1. The Morgan fingerprint density at radius 2 is 1.50 bits per heavy atom. The fourth-order valence-corrected chi connectivity index (χ4v) is 7.40. The lowest BCUT2D eigenvalue weighted by Gasteiger charge is -2.26. The molecule has 2 aliphatic rings. The normalized spacial score (nSPS) is 20.8. The smallest absolute Gasteiger partial charge is 0.295 e. The third-order valence-electron chi connectivity index (χ3n) is 7.44. The second kappa shape index (κ2) is 13.5. The lowest BCUT2D eigenvalue weighted by molar-refractivity contribution is -0.142. The number of aryl methyl sites for hydroxylation is 2. The Kier molecular flexibility index (Phi) is 9.88. The van der Waals surface area contributed by atoms with E-state index >= 15 is 0 Å². The Morgan fingerprint density at radius 1 is 0.868 bits per heavy atom. The average molecular weight is 532 g/mol. The molecule has 1 aliphatic heterocycles. The second-order valence-electron chi connectivity index (χ2n) is 10.1. The third-order valence-corrected chi connectivity index (χ3v) is 9.78. The van der Waals surface area contributed by atoms with E-state index in [0.29, 0.717) is 57.1 Å². The fourth-order valence-electron chi connectivity index (χ4n) is 5.29. The molecule has 1 saturated heterocycles. The van der Waals surface area contributed by atoms with E-state index in [1.54, 1.807) is 18.2 Å². The first-order valence-electron chi connectivity index (χ1n) is 13.6. The largest absolute Gasteiger partial charge is 0.332 e. The van der Waals surface area contributed by atoms with Crippen molar-refractivity contribution in [2.24, 2.45) is 0 Å². The quantitative estimate of drug-likeness (QED) is 0.363. The van der Waals surface area contributed by atoms with Gasteiger partial charge < -0.3 is 4.90 Å². The number of hydrogen-bond donors (Lipinski definition) is 0. The topological polar surface area (TPSA) is 71.5 Å². The van der Waals surface area contributed by atoms with Crippen LogP contribution >= 0.6 is 0 Å². The SMILES string of the molecule is O=C(C(=O)N1CCC[C@H]1CS(=O)(=O)C(CCc1ccccc1)CCc1ccccc1)C1=C/CC/C=C/C=C\1. The maximum absolute atomic E-state index is 13.8. The number of allylic oxidation sites excluding steroid dienone is 5. The van der Waals surface area contributed by atoms with Crippen LogP contribution in [0.25, 0.3) is 0 Å². The molecule has 38 heavy (non-hydrogen) atoms. The standard InChI is InChI=1S/C32H37NO4S/c34-31(28-17-10-2-1-3-11-18-28)32(35)33-24-12-19-29(33)25-38(36,37)30(22-20-26-13-6-4-7-14-26)23-21-27-15-8-5-9-16-27/h1-2,4-10,13-18,29-30H,3,11-12,19-25H2/b2-1+,17-10-,28-18+/t29-/m0/s1. The van der Waals surface area contributed by atoms with E-state index in [4.69, 9.17) is 0 Å². The van der Waals surface area contributed by atoms with Crippen molar-refractivity contribution in [3.63, 3.8) is 0 Å². The molecule has 0 radical (unpaired) electrons. The highest BCUT2D eigenvalue weighted by molar-refractivity contribution is 7.92. The minimum atomic E-state index is -3.52. The van der Waals surface area contributed by atoms with Gasteiger partial charge >= 0.3 is 0 Å². The van der Waals surface area contributed by atoms with Gasteiger partial charge in [-0.15, -0.1) is 0 Å². The van der Waals surface area contributed by atoms with Crippen LogP contribution in [0.5, 0.6) is 0 Å². The van der Waals surface area contributed by atoms with E-state index in [9.17, 15) is 18.0 Å². The van der Waals surface area contributed by atoms with Gasteiger partial charge in [0.1, 0.15) is 0 Å². The van der Waals surface area contributed by atoms with E-state index in [0.717, 1.165) is 17.5 Å². The van der Waals surface area contributed by atoms with Crippen molar-refractivity contribution in [2.45, 2.75) is 62.7 Å². The van der Waals surface area contributed by atoms with Crippen molar-refractivity contribution < 1.29 is 18.0 Å². The molecule has 2 aromatic rings. The number of rotatable bonds is 11. The predicted molar refractivity (Wildman–Crippen MR) is 152 cm³/mol. The zero-order chi connectivity index (χ0) is 26.8. The maximum atomic E-state index is 13.8. The Morgan fingerprint density at radius 3 is 2.13 bits per heavy atom. The van der Waals surface area contributed by atoms with Gasteiger partial charge in [0.15, 0.2) is 9.84 Å². The van der Waals surface area contributed by atoms with Gasteiger partial charge in [0, 0.05) is 18.2 Å². The number of benzene rings is 2. The molecule has 4 rings (SSSR count). The first-order valence-corrected chi connectivity index (χ1v) is 15.3. The monoisotopic (exact) mass is 531 g/mol. The molecule has 200 valence electrons. The summed E-state index contributed by atoms with van der Waals surface area (Å²) in [7, 11) is -3.52. The highest BCUT2D eigenvalue weighted by Gasteiger charge is 2.38. The number of Topliss-reactive ketones (excluding diaryl/α,β-unsaturated/α-hetero) is 1. The number of ketones is 1. The number of carbonyl (C=O) groups excluding carboxylic acids is 2. The van der Waals surface area contributed by atoms with E-state index < -0.39 is 32.8 Å². The summed E-state index contributed by atoms with van der Waals surface area (Å²) in [5.41, 5.74) is 2.62. The second-order valence-corrected chi connectivity index (χ2v) is 12.5. The van der Waals surface area contributed by atoms with Crippen LogP contribution in [0, 0.1) is 0 Å². The van der Waals surface area contributed by atoms with Gasteiger partial charge in [-0.25, -0.2) is 8.42 Å². The lowest BCUT2D eigenvalue weighted by Crippen LogP contribution is -2.45. The van der Waals surface area contributed by atoms with Crippen molar-refractivity contribution in [3.05, 3.63) is 108 Å². The highest BCUT2D eigenvalue weighted by Crippen LogP contribution is 2.25. The molecule has 1 aliphatic carbocycles. The van der Waals surface area contributed by atoms with Crippen LogP contribution in [-0.4, -0.2) is 48.6 Å².